The van der Waals surface area contributed by atoms with Crippen molar-refractivity contribution in [3.63, 3.8) is 0 Å². The molecule has 0 radical (unpaired) electrons. The molecular formula is C29H23ClF4N2OS. The predicted molar refractivity (Wildman–Crippen MR) is 143 cm³/mol. The van der Waals surface area contributed by atoms with E-state index < -0.39 is 35.2 Å². The van der Waals surface area contributed by atoms with Crippen molar-refractivity contribution in [3.05, 3.63) is 122 Å². The number of alkyl halides is 3. The second-order valence-electron chi connectivity index (χ2n) is 9.19. The van der Waals surface area contributed by atoms with E-state index in [1.807, 2.05) is 30.3 Å². The van der Waals surface area contributed by atoms with Crippen LogP contribution in [0.15, 0.2) is 82.6 Å². The van der Waals surface area contributed by atoms with E-state index in [2.05, 4.69) is 0 Å². The number of hydrogen-bond donors (Lipinski definition) is 1. The summed E-state index contributed by atoms with van der Waals surface area (Å²) in [5, 5.41) is 0.826. The highest BCUT2D eigenvalue weighted by Gasteiger charge is 2.37. The van der Waals surface area contributed by atoms with Gasteiger partial charge in [0, 0.05) is 28.3 Å². The third-order valence-corrected chi connectivity index (χ3v) is 8.53. The van der Waals surface area contributed by atoms with Crippen LogP contribution in [0.1, 0.15) is 39.9 Å². The molecule has 0 saturated carbocycles. The third kappa shape index (κ3) is 4.65. The number of halogens is 5. The summed E-state index contributed by atoms with van der Waals surface area (Å²) in [7, 11) is 0. The lowest BCUT2D eigenvalue weighted by Crippen LogP contribution is -2.33. The highest BCUT2D eigenvalue weighted by atomic mass is 35.5. The van der Waals surface area contributed by atoms with Gasteiger partial charge in [-0.15, -0.1) is 11.8 Å². The van der Waals surface area contributed by atoms with Crippen LogP contribution in [0.25, 0.3) is 11.1 Å². The van der Waals surface area contributed by atoms with Gasteiger partial charge in [-0.05, 0) is 41.8 Å². The van der Waals surface area contributed by atoms with Crippen molar-refractivity contribution >= 4 is 23.4 Å². The van der Waals surface area contributed by atoms with Crippen molar-refractivity contribution in [2.24, 2.45) is 5.73 Å². The smallest absolute Gasteiger partial charge is 0.322 e. The van der Waals surface area contributed by atoms with E-state index in [0.29, 0.717) is 32.5 Å². The van der Waals surface area contributed by atoms with Gasteiger partial charge in [-0.3, -0.25) is 9.36 Å². The average Bonchev–Trinajstić information content (AvgIpc) is 3.33. The van der Waals surface area contributed by atoms with Crippen molar-refractivity contribution in [2.45, 2.75) is 36.6 Å². The van der Waals surface area contributed by atoms with Crippen LogP contribution in [-0.4, -0.2) is 10.3 Å². The van der Waals surface area contributed by atoms with Gasteiger partial charge in [0.1, 0.15) is 5.82 Å². The second-order valence-corrected chi connectivity index (χ2v) is 10.6. The Kier molecular flexibility index (Phi) is 7.15. The Morgan fingerprint density at radius 1 is 1.03 bits per heavy atom. The molecule has 3 aromatic carbocycles. The minimum absolute atomic E-state index is 0.270. The molecule has 2 atom stereocenters. The van der Waals surface area contributed by atoms with E-state index >= 15 is 0 Å². The molecule has 38 heavy (non-hydrogen) atoms. The molecule has 1 aliphatic heterocycles. The zero-order valence-electron chi connectivity index (χ0n) is 20.2. The Hall–Kier alpha value is -3.07. The zero-order chi connectivity index (χ0) is 27.2. The Balaban J connectivity index is 1.77. The van der Waals surface area contributed by atoms with Gasteiger partial charge >= 0.3 is 6.18 Å². The van der Waals surface area contributed by atoms with Crippen LogP contribution in [-0.2, 0) is 12.6 Å². The molecule has 1 aliphatic rings. The summed E-state index contributed by atoms with van der Waals surface area (Å²) in [6.07, 6.45) is -5.09. The van der Waals surface area contributed by atoms with E-state index in [1.54, 1.807) is 35.8 Å². The molecule has 196 valence electrons. The van der Waals surface area contributed by atoms with Crippen LogP contribution in [0.5, 0.6) is 0 Å². The van der Waals surface area contributed by atoms with Gasteiger partial charge in [0.15, 0.2) is 0 Å². The molecule has 2 heterocycles. The van der Waals surface area contributed by atoms with Crippen molar-refractivity contribution in [1.82, 2.24) is 4.57 Å². The van der Waals surface area contributed by atoms with Gasteiger partial charge in [0.25, 0.3) is 5.56 Å². The van der Waals surface area contributed by atoms with Gasteiger partial charge in [-0.1, -0.05) is 66.2 Å². The van der Waals surface area contributed by atoms with E-state index in [0.717, 1.165) is 23.8 Å². The first-order chi connectivity index (χ1) is 18.1. The van der Waals surface area contributed by atoms with Crippen molar-refractivity contribution in [3.8, 4) is 11.1 Å². The lowest BCUT2D eigenvalue weighted by Gasteiger charge is -2.25. The molecular weight excluding hydrogens is 536 g/mol. The maximum Gasteiger partial charge on any atom is 0.416 e. The van der Waals surface area contributed by atoms with E-state index in [-0.39, 0.29) is 17.5 Å². The van der Waals surface area contributed by atoms with Crippen LogP contribution in [0.2, 0.25) is 5.02 Å². The summed E-state index contributed by atoms with van der Waals surface area (Å²) in [4.78, 5) is 14.1. The summed E-state index contributed by atoms with van der Waals surface area (Å²) in [5.74, 6) is -0.517. The molecule has 0 fully saturated rings. The topological polar surface area (TPSA) is 48.0 Å². The quantitative estimate of drug-likeness (QED) is 0.257. The van der Waals surface area contributed by atoms with Gasteiger partial charge in [0.05, 0.1) is 28.2 Å². The summed E-state index contributed by atoms with van der Waals surface area (Å²) < 4.78 is 58.1. The number of thioether (sulfide) groups is 1. The number of benzene rings is 3. The molecule has 0 saturated heterocycles. The van der Waals surface area contributed by atoms with Crippen LogP contribution >= 0.6 is 23.4 Å². The van der Waals surface area contributed by atoms with Crippen molar-refractivity contribution in [1.29, 1.82) is 0 Å². The standard InChI is InChI=1S/C29H23ClF4N2OS/c1-16-19(14-20-21(29(32,33)34)11-7-13-23(20)31)28-36(27(37)25(16)18-10-5-6-12-22(18)30)24(15-38-28)26(35)17-8-3-2-4-9-17/h2-13,24,26H,14-15,35H2,1H3. The van der Waals surface area contributed by atoms with Gasteiger partial charge in [0.2, 0.25) is 0 Å². The molecule has 0 aliphatic carbocycles. The number of hydrogen-bond acceptors (Lipinski definition) is 3. The predicted octanol–water partition coefficient (Wildman–Crippen LogP) is 7.57. The fourth-order valence-electron chi connectivity index (χ4n) is 5.06. The highest BCUT2D eigenvalue weighted by Crippen LogP contribution is 2.44. The largest absolute Gasteiger partial charge is 0.416 e. The van der Waals surface area contributed by atoms with Gasteiger partial charge in [-0.2, -0.15) is 13.2 Å². The van der Waals surface area contributed by atoms with Crippen LogP contribution in [0.3, 0.4) is 0 Å². The highest BCUT2D eigenvalue weighted by molar-refractivity contribution is 7.99. The molecule has 1 aromatic heterocycles. The van der Waals surface area contributed by atoms with E-state index in [4.69, 9.17) is 17.3 Å². The lowest BCUT2D eigenvalue weighted by atomic mass is 9.92. The minimum atomic E-state index is -4.74. The fraction of sp³-hybridized carbons (Fsp3) is 0.207. The first-order valence-corrected chi connectivity index (χ1v) is 13.3. The number of rotatable bonds is 5. The van der Waals surface area contributed by atoms with Crippen molar-refractivity contribution < 1.29 is 17.6 Å². The second kappa shape index (κ2) is 10.2. The molecule has 0 bridgehead atoms. The summed E-state index contributed by atoms with van der Waals surface area (Å²) in [6.45, 7) is 1.68. The van der Waals surface area contributed by atoms with Gasteiger partial charge < -0.3 is 5.73 Å². The monoisotopic (exact) mass is 558 g/mol. The fourth-order valence-corrected chi connectivity index (χ4v) is 6.73. The third-order valence-electron chi connectivity index (χ3n) is 6.98. The molecule has 2 unspecified atom stereocenters. The van der Waals surface area contributed by atoms with Crippen molar-refractivity contribution in [2.75, 3.05) is 5.75 Å². The number of fused-ring (bicyclic) bond motifs is 1. The molecule has 4 aromatic rings. The minimum Gasteiger partial charge on any atom is -0.322 e. The molecule has 9 heteroatoms. The normalized spacial score (nSPS) is 15.9. The summed E-state index contributed by atoms with van der Waals surface area (Å²) in [6, 6.07) is 18.1. The number of aromatic nitrogens is 1. The molecule has 0 amide bonds. The molecule has 3 nitrogen and oxygen atoms in total. The molecule has 5 rings (SSSR count). The Morgan fingerprint density at radius 2 is 1.71 bits per heavy atom. The Morgan fingerprint density at radius 3 is 2.39 bits per heavy atom. The number of nitrogens with zero attached hydrogens (tertiary/aromatic N) is 1. The van der Waals surface area contributed by atoms with Crippen LogP contribution < -0.4 is 11.3 Å². The van der Waals surface area contributed by atoms with E-state index in [9.17, 15) is 22.4 Å². The molecule has 0 spiro atoms. The summed E-state index contributed by atoms with van der Waals surface area (Å²) in [5.41, 5.74) is 7.27. The van der Waals surface area contributed by atoms with Gasteiger partial charge in [-0.25, -0.2) is 4.39 Å². The first-order valence-electron chi connectivity index (χ1n) is 11.9. The van der Waals surface area contributed by atoms with Crippen LogP contribution in [0, 0.1) is 12.7 Å². The SMILES string of the molecule is Cc1c(Cc2c(F)cccc2C(F)(F)F)c2n(c(=O)c1-c1ccccc1Cl)C(C(N)c1ccccc1)CS2. The number of nitrogens with two attached hydrogens (primary N) is 1. The Bertz CT molecular complexity index is 1570. The number of pyridine rings is 1. The Labute approximate surface area is 226 Å². The lowest BCUT2D eigenvalue weighted by molar-refractivity contribution is -0.138. The maximum atomic E-state index is 14.9. The zero-order valence-corrected chi connectivity index (χ0v) is 21.8. The first kappa shape index (κ1) is 26.5. The maximum absolute atomic E-state index is 14.9. The average molecular weight is 559 g/mol. The molecule has 2 N–H and O–H groups in total. The summed E-state index contributed by atoms with van der Waals surface area (Å²) >= 11 is 7.83. The van der Waals surface area contributed by atoms with E-state index in [1.165, 1.54) is 11.8 Å². The van der Waals surface area contributed by atoms with Crippen LogP contribution in [0.4, 0.5) is 17.6 Å².